The van der Waals surface area contributed by atoms with Crippen molar-refractivity contribution in [3.8, 4) is 5.69 Å². The van der Waals surface area contributed by atoms with Crippen molar-refractivity contribution >= 4 is 10.2 Å². The van der Waals surface area contributed by atoms with E-state index in [0.717, 1.165) is 35.5 Å². The van der Waals surface area contributed by atoms with Crippen molar-refractivity contribution in [1.82, 2.24) is 18.8 Å². The maximum Gasteiger partial charge on any atom is 0.279 e. The summed E-state index contributed by atoms with van der Waals surface area (Å²) in [5.74, 6) is 0. The monoisotopic (exact) mass is 348 g/mol. The fourth-order valence-electron chi connectivity index (χ4n) is 3.04. The minimum Gasteiger partial charge on any atom is -0.238 e. The van der Waals surface area contributed by atoms with Crippen LogP contribution in [0.3, 0.4) is 0 Å². The maximum atomic E-state index is 12.1. The van der Waals surface area contributed by atoms with Crippen LogP contribution in [0.2, 0.25) is 0 Å². The lowest BCUT2D eigenvalue weighted by molar-refractivity contribution is 0.465. The maximum absolute atomic E-state index is 12.1. The average molecular weight is 348 g/mol. The molecule has 3 rings (SSSR count). The molecule has 0 aliphatic carbocycles. The van der Waals surface area contributed by atoms with Crippen molar-refractivity contribution in [3.05, 3.63) is 47.3 Å². The van der Waals surface area contributed by atoms with Gasteiger partial charge in [0.1, 0.15) is 0 Å². The molecule has 0 spiro atoms. The minimum absolute atomic E-state index is 0.415. The highest BCUT2D eigenvalue weighted by Crippen LogP contribution is 2.14. The van der Waals surface area contributed by atoms with E-state index in [2.05, 4.69) is 9.82 Å². The zero-order valence-corrected chi connectivity index (χ0v) is 15.0. The van der Waals surface area contributed by atoms with E-state index in [0.29, 0.717) is 26.1 Å². The zero-order valence-electron chi connectivity index (χ0n) is 14.2. The van der Waals surface area contributed by atoms with Crippen LogP contribution in [-0.4, -0.2) is 42.1 Å². The molecule has 6 nitrogen and oxygen atoms in total. The highest BCUT2D eigenvalue weighted by atomic mass is 32.2. The first-order valence-corrected chi connectivity index (χ1v) is 9.77. The summed E-state index contributed by atoms with van der Waals surface area (Å²) < 4.78 is 30.3. The summed E-state index contributed by atoms with van der Waals surface area (Å²) in [6.07, 6.45) is 2.58. The number of aryl methyl sites for hydroxylation is 2. The summed E-state index contributed by atoms with van der Waals surface area (Å²) in [6, 6.07) is 10.1. The van der Waals surface area contributed by atoms with Gasteiger partial charge < -0.3 is 0 Å². The summed E-state index contributed by atoms with van der Waals surface area (Å²) in [6.45, 7) is 5.68. The molecule has 130 valence electrons. The Kier molecular flexibility index (Phi) is 5.03. The zero-order chi connectivity index (χ0) is 17.2. The summed E-state index contributed by atoms with van der Waals surface area (Å²) in [7, 11) is -3.31. The van der Waals surface area contributed by atoms with Gasteiger partial charge in [-0.15, -0.1) is 0 Å². The van der Waals surface area contributed by atoms with Crippen LogP contribution in [0.5, 0.6) is 0 Å². The Labute approximate surface area is 143 Å². The Morgan fingerprint density at radius 2 is 1.79 bits per heavy atom. The third-order valence-corrected chi connectivity index (χ3v) is 5.91. The summed E-state index contributed by atoms with van der Waals surface area (Å²) in [5.41, 5.74) is 4.21. The number of nitrogens with zero attached hydrogens (tertiary/aromatic N) is 3. The lowest BCUT2D eigenvalue weighted by Gasteiger charge is -2.16. The fraction of sp³-hybridized carbons (Fsp3) is 0.471. The number of benzene rings is 1. The molecule has 0 unspecified atom stereocenters. The smallest absolute Gasteiger partial charge is 0.238 e. The molecule has 0 atom stereocenters. The van der Waals surface area contributed by atoms with Crippen LogP contribution < -0.4 is 4.72 Å². The van der Waals surface area contributed by atoms with Gasteiger partial charge in [-0.25, -0.2) is 9.40 Å². The van der Waals surface area contributed by atoms with Crippen LogP contribution in [0.1, 0.15) is 29.8 Å². The second-order valence-electron chi connectivity index (χ2n) is 6.26. The number of hydrogen-bond acceptors (Lipinski definition) is 3. The van der Waals surface area contributed by atoms with Crippen LogP contribution in [0.15, 0.2) is 30.3 Å². The van der Waals surface area contributed by atoms with Crippen LogP contribution in [0, 0.1) is 13.8 Å². The van der Waals surface area contributed by atoms with Crippen molar-refractivity contribution in [3.63, 3.8) is 0 Å². The molecule has 0 bridgehead atoms. The highest BCUT2D eigenvalue weighted by molar-refractivity contribution is 7.87. The molecule has 1 fully saturated rings. The molecular formula is C17H24N4O2S. The highest BCUT2D eigenvalue weighted by Gasteiger charge is 2.24. The van der Waals surface area contributed by atoms with Gasteiger partial charge in [-0.1, -0.05) is 12.1 Å². The predicted octanol–water partition coefficient (Wildman–Crippen LogP) is 1.96. The van der Waals surface area contributed by atoms with Crippen molar-refractivity contribution < 1.29 is 8.42 Å². The largest absolute Gasteiger partial charge is 0.279 e. The molecule has 0 amide bonds. The SMILES string of the molecule is Cc1cc(C)n(-c2ccc(CCNS(=O)(=O)N3CCCC3)cc2)n1. The predicted molar refractivity (Wildman–Crippen MR) is 94.5 cm³/mol. The molecule has 1 aliphatic rings. The van der Waals surface area contributed by atoms with Crippen LogP contribution in [0.4, 0.5) is 0 Å². The third kappa shape index (κ3) is 3.85. The van der Waals surface area contributed by atoms with E-state index < -0.39 is 10.2 Å². The number of hydrogen-bond donors (Lipinski definition) is 1. The summed E-state index contributed by atoms with van der Waals surface area (Å²) in [4.78, 5) is 0. The van der Waals surface area contributed by atoms with E-state index >= 15 is 0 Å². The molecule has 2 aromatic rings. The van der Waals surface area contributed by atoms with Gasteiger partial charge >= 0.3 is 0 Å². The first-order valence-electron chi connectivity index (χ1n) is 8.33. The van der Waals surface area contributed by atoms with Crippen LogP contribution in [-0.2, 0) is 16.6 Å². The van der Waals surface area contributed by atoms with Crippen molar-refractivity contribution in [1.29, 1.82) is 0 Å². The van der Waals surface area contributed by atoms with Crippen molar-refractivity contribution in [2.75, 3.05) is 19.6 Å². The third-order valence-electron chi connectivity index (χ3n) is 4.29. The van der Waals surface area contributed by atoms with E-state index in [1.165, 1.54) is 4.31 Å². The molecule has 7 heteroatoms. The standard InChI is InChI=1S/C17H24N4O2S/c1-14-13-15(2)21(19-14)17-7-5-16(6-8-17)9-10-18-24(22,23)20-11-3-4-12-20/h5-8,13,18H,3-4,9-12H2,1-2H3. The molecule has 1 saturated heterocycles. The van der Waals surface area contributed by atoms with E-state index in [9.17, 15) is 8.42 Å². The molecule has 1 N–H and O–H groups in total. The first kappa shape index (κ1) is 17.1. The van der Waals surface area contributed by atoms with Crippen molar-refractivity contribution in [2.45, 2.75) is 33.1 Å². The topological polar surface area (TPSA) is 67.2 Å². The Morgan fingerprint density at radius 3 is 2.38 bits per heavy atom. The average Bonchev–Trinajstić information content (AvgIpc) is 3.18. The molecule has 0 saturated carbocycles. The normalized spacial score (nSPS) is 15.9. The van der Waals surface area contributed by atoms with E-state index in [1.54, 1.807) is 0 Å². The lowest BCUT2D eigenvalue weighted by atomic mass is 10.1. The lowest BCUT2D eigenvalue weighted by Crippen LogP contribution is -2.39. The van der Waals surface area contributed by atoms with Gasteiger partial charge in [-0.05, 0) is 56.9 Å². The van der Waals surface area contributed by atoms with Crippen LogP contribution in [0.25, 0.3) is 5.69 Å². The van der Waals surface area contributed by atoms with Gasteiger partial charge in [-0.2, -0.15) is 17.8 Å². The van der Waals surface area contributed by atoms with E-state index in [-0.39, 0.29) is 0 Å². The second-order valence-corrected chi connectivity index (χ2v) is 8.02. The first-order chi connectivity index (χ1) is 11.5. The minimum atomic E-state index is -3.31. The van der Waals surface area contributed by atoms with Gasteiger partial charge in [0, 0.05) is 25.3 Å². The van der Waals surface area contributed by atoms with E-state index in [1.807, 2.05) is 48.9 Å². The fourth-order valence-corrected chi connectivity index (χ4v) is 4.32. The van der Waals surface area contributed by atoms with E-state index in [4.69, 9.17) is 0 Å². The number of rotatable bonds is 6. The molecule has 1 aromatic heterocycles. The Bertz CT molecular complexity index is 790. The Hall–Kier alpha value is -1.70. The Morgan fingerprint density at radius 1 is 1.12 bits per heavy atom. The quantitative estimate of drug-likeness (QED) is 0.868. The molecule has 1 aromatic carbocycles. The van der Waals surface area contributed by atoms with Gasteiger partial charge in [0.05, 0.1) is 11.4 Å². The van der Waals surface area contributed by atoms with Gasteiger partial charge in [-0.3, -0.25) is 0 Å². The molecule has 1 aliphatic heterocycles. The van der Waals surface area contributed by atoms with Gasteiger partial charge in [0.25, 0.3) is 10.2 Å². The number of nitrogens with one attached hydrogen (secondary N) is 1. The Balaban J connectivity index is 1.58. The van der Waals surface area contributed by atoms with Gasteiger partial charge in [0.15, 0.2) is 0 Å². The molecular weight excluding hydrogens is 324 g/mol. The van der Waals surface area contributed by atoms with Crippen molar-refractivity contribution in [2.24, 2.45) is 0 Å². The molecule has 24 heavy (non-hydrogen) atoms. The molecule has 0 radical (unpaired) electrons. The van der Waals surface area contributed by atoms with Gasteiger partial charge in [0.2, 0.25) is 0 Å². The number of aromatic nitrogens is 2. The summed E-state index contributed by atoms with van der Waals surface area (Å²) in [5, 5.41) is 4.47. The van der Waals surface area contributed by atoms with Crippen LogP contribution >= 0.6 is 0 Å². The molecule has 2 heterocycles. The second kappa shape index (κ2) is 7.04. The summed E-state index contributed by atoms with van der Waals surface area (Å²) >= 11 is 0.